The molecule has 3 N–H and O–H groups in total. The maximum Gasteiger partial charge on any atom is 0.305 e. The van der Waals surface area contributed by atoms with Crippen LogP contribution in [0.1, 0.15) is 380 Å². The summed E-state index contributed by atoms with van der Waals surface area (Å²) in [6, 6.07) is -0.543. The van der Waals surface area contributed by atoms with Crippen molar-refractivity contribution in [2.24, 2.45) is 0 Å². The highest BCUT2D eigenvalue weighted by Gasteiger charge is 2.20. The van der Waals surface area contributed by atoms with Crippen molar-refractivity contribution in [3.63, 3.8) is 0 Å². The summed E-state index contributed by atoms with van der Waals surface area (Å²) in [6.45, 7) is 4.95. The van der Waals surface area contributed by atoms with Crippen molar-refractivity contribution in [3.05, 3.63) is 48.6 Å². The maximum absolute atomic E-state index is 12.5. The largest absolute Gasteiger partial charge is 0.466 e. The van der Waals surface area contributed by atoms with Crippen LogP contribution in [0.5, 0.6) is 0 Å². The summed E-state index contributed by atoms with van der Waals surface area (Å²) in [5.74, 6) is -0.0292. The Bertz CT molecular complexity index is 1320. The SMILES string of the molecule is CCCCCC/C=C\C/C=C\CCCCCCCCCC(=O)OCCCCCCCCCCC/C=C\C/C=C\CCCCCCCCCCCCCCCC(=O)NC(CO)C(O)CCCCCCCCCCCCCCCCC. The normalized spacial score (nSPS) is 12.8. The highest BCUT2D eigenvalue weighted by atomic mass is 16.5. The quantitative estimate of drug-likeness (QED) is 0.0320. The van der Waals surface area contributed by atoms with E-state index in [0.29, 0.717) is 25.9 Å². The van der Waals surface area contributed by atoms with Crippen molar-refractivity contribution in [2.75, 3.05) is 13.2 Å². The molecule has 0 saturated heterocycles. The topological polar surface area (TPSA) is 95.9 Å². The summed E-state index contributed by atoms with van der Waals surface area (Å²) in [7, 11) is 0. The van der Waals surface area contributed by atoms with Crippen LogP contribution in [-0.4, -0.2) is 47.4 Å². The summed E-state index contributed by atoms with van der Waals surface area (Å²) in [5.41, 5.74) is 0. The van der Waals surface area contributed by atoms with Crippen molar-refractivity contribution in [2.45, 2.75) is 392 Å². The third-order valence-electron chi connectivity index (χ3n) is 16.4. The molecule has 464 valence electrons. The Balaban J connectivity index is 3.40. The van der Waals surface area contributed by atoms with E-state index in [4.69, 9.17) is 4.74 Å². The average Bonchev–Trinajstić information content (AvgIpc) is 3.45. The minimum absolute atomic E-state index is 0.00483. The lowest BCUT2D eigenvalue weighted by Gasteiger charge is -2.22. The van der Waals surface area contributed by atoms with Gasteiger partial charge in [-0.3, -0.25) is 9.59 Å². The van der Waals surface area contributed by atoms with Gasteiger partial charge in [0.15, 0.2) is 0 Å². The van der Waals surface area contributed by atoms with Crippen LogP contribution in [0.2, 0.25) is 0 Å². The van der Waals surface area contributed by atoms with Gasteiger partial charge in [0, 0.05) is 12.8 Å². The Hall–Kier alpha value is -2.18. The molecule has 6 nitrogen and oxygen atoms in total. The first-order valence-corrected chi connectivity index (χ1v) is 35.4. The van der Waals surface area contributed by atoms with Gasteiger partial charge in [-0.25, -0.2) is 0 Å². The first-order valence-electron chi connectivity index (χ1n) is 35.4. The third kappa shape index (κ3) is 64.8. The first kappa shape index (κ1) is 76.8. The molecule has 0 rings (SSSR count). The Morgan fingerprint density at radius 2 is 0.633 bits per heavy atom. The van der Waals surface area contributed by atoms with E-state index in [1.807, 2.05) is 0 Å². The zero-order chi connectivity index (χ0) is 57.1. The van der Waals surface area contributed by atoms with Gasteiger partial charge in [0.1, 0.15) is 0 Å². The number of aliphatic hydroxyl groups is 2. The van der Waals surface area contributed by atoms with Gasteiger partial charge in [0.05, 0.1) is 25.4 Å². The lowest BCUT2D eigenvalue weighted by Crippen LogP contribution is -2.45. The molecule has 0 radical (unpaired) electrons. The van der Waals surface area contributed by atoms with Gasteiger partial charge in [0.25, 0.3) is 0 Å². The van der Waals surface area contributed by atoms with E-state index < -0.39 is 12.1 Å². The summed E-state index contributed by atoms with van der Waals surface area (Å²) >= 11 is 0. The fourth-order valence-electron chi connectivity index (χ4n) is 10.9. The molecule has 1 amide bonds. The third-order valence-corrected chi connectivity index (χ3v) is 16.4. The number of esters is 1. The lowest BCUT2D eigenvalue weighted by molar-refractivity contribution is -0.143. The molecule has 0 aliphatic carbocycles. The molecule has 79 heavy (non-hydrogen) atoms. The van der Waals surface area contributed by atoms with E-state index in [2.05, 4.69) is 67.8 Å². The average molecular weight is 1110 g/mol. The molecule has 0 aromatic carbocycles. The number of nitrogens with one attached hydrogen (secondary N) is 1. The standard InChI is InChI=1S/C73H137NO5/c1-3-5-7-9-11-13-15-17-19-20-35-39-43-47-51-55-59-63-67-73(78)79-68-64-60-56-52-48-44-40-36-33-31-29-27-25-23-21-22-24-26-28-30-32-34-38-42-46-50-54-58-62-66-72(77)74-70(69-75)71(76)65-61-57-53-49-45-41-37-18-16-14-12-10-8-6-4-2/h13,15,19-21,23,27,29,70-71,75-76H,3-12,14,16-18,22,24-26,28,30-69H2,1-2H3,(H,74,77)/b15-13-,20-19-,23-21-,29-27-. The summed E-state index contributed by atoms with van der Waals surface area (Å²) in [6.07, 6.45) is 88.7. The second kappa shape index (κ2) is 68.3. The number of aliphatic hydroxyl groups excluding tert-OH is 2. The number of amides is 1. The number of carbonyl (C=O) groups is 2. The second-order valence-corrected chi connectivity index (χ2v) is 24.2. The predicted octanol–water partition coefficient (Wildman–Crippen LogP) is 22.9. The molecule has 0 aromatic heterocycles. The number of rotatable bonds is 66. The molecular formula is C73H137NO5. The number of unbranched alkanes of at least 4 members (excludes halogenated alkanes) is 47. The van der Waals surface area contributed by atoms with Crippen molar-refractivity contribution in [1.82, 2.24) is 5.32 Å². The van der Waals surface area contributed by atoms with Gasteiger partial charge in [-0.2, -0.15) is 0 Å². The van der Waals surface area contributed by atoms with Crippen LogP contribution in [0.4, 0.5) is 0 Å². The first-order chi connectivity index (χ1) is 39.0. The molecule has 0 aliphatic rings. The van der Waals surface area contributed by atoms with Gasteiger partial charge in [0.2, 0.25) is 5.91 Å². The molecular weight excluding hydrogens is 971 g/mol. The van der Waals surface area contributed by atoms with Crippen molar-refractivity contribution in [3.8, 4) is 0 Å². The van der Waals surface area contributed by atoms with Crippen molar-refractivity contribution >= 4 is 11.9 Å². The van der Waals surface area contributed by atoms with Gasteiger partial charge >= 0.3 is 5.97 Å². The Morgan fingerprint density at radius 1 is 0.354 bits per heavy atom. The number of ether oxygens (including phenoxy) is 1. The Labute approximate surface area is 493 Å². The monoisotopic (exact) mass is 1110 g/mol. The number of hydrogen-bond donors (Lipinski definition) is 3. The van der Waals surface area contributed by atoms with E-state index in [1.54, 1.807) is 0 Å². The fraction of sp³-hybridized carbons (Fsp3) is 0.863. The number of hydrogen-bond acceptors (Lipinski definition) is 5. The molecule has 0 fully saturated rings. The second-order valence-electron chi connectivity index (χ2n) is 24.2. The summed E-state index contributed by atoms with van der Waals surface area (Å²) in [5, 5.41) is 23.3. The van der Waals surface area contributed by atoms with Crippen LogP contribution in [-0.2, 0) is 14.3 Å². The summed E-state index contributed by atoms with van der Waals surface area (Å²) < 4.78 is 5.50. The molecule has 6 heteroatoms. The van der Waals surface area contributed by atoms with E-state index >= 15 is 0 Å². The van der Waals surface area contributed by atoms with Gasteiger partial charge in [-0.15, -0.1) is 0 Å². The van der Waals surface area contributed by atoms with Gasteiger partial charge in [-0.05, 0) is 89.9 Å². The Morgan fingerprint density at radius 3 is 0.975 bits per heavy atom. The number of allylic oxidation sites excluding steroid dienone is 8. The Kier molecular flexibility index (Phi) is 66.4. The molecule has 0 saturated carbocycles. The molecule has 0 aromatic rings. The van der Waals surface area contributed by atoms with E-state index in [1.165, 1.54) is 289 Å². The van der Waals surface area contributed by atoms with E-state index in [0.717, 1.165) is 57.8 Å². The van der Waals surface area contributed by atoms with Crippen LogP contribution >= 0.6 is 0 Å². The smallest absolute Gasteiger partial charge is 0.305 e. The van der Waals surface area contributed by atoms with Crippen LogP contribution in [0.25, 0.3) is 0 Å². The molecule has 0 aliphatic heterocycles. The fourth-order valence-corrected chi connectivity index (χ4v) is 10.9. The van der Waals surface area contributed by atoms with E-state index in [-0.39, 0.29) is 18.5 Å². The highest BCUT2D eigenvalue weighted by Crippen LogP contribution is 2.18. The van der Waals surface area contributed by atoms with Crippen molar-refractivity contribution in [1.29, 1.82) is 0 Å². The van der Waals surface area contributed by atoms with E-state index in [9.17, 15) is 19.8 Å². The van der Waals surface area contributed by atoms with Crippen LogP contribution in [0.15, 0.2) is 48.6 Å². The lowest BCUT2D eigenvalue weighted by atomic mass is 10.0. The van der Waals surface area contributed by atoms with Gasteiger partial charge < -0.3 is 20.3 Å². The molecule has 2 atom stereocenters. The van der Waals surface area contributed by atoms with Gasteiger partial charge in [-0.1, -0.05) is 326 Å². The molecule has 0 bridgehead atoms. The molecule has 0 spiro atoms. The molecule has 2 unspecified atom stereocenters. The summed E-state index contributed by atoms with van der Waals surface area (Å²) in [4.78, 5) is 24.6. The minimum Gasteiger partial charge on any atom is -0.466 e. The molecule has 0 heterocycles. The van der Waals surface area contributed by atoms with Crippen LogP contribution in [0.3, 0.4) is 0 Å². The minimum atomic E-state index is -0.665. The number of carbonyl (C=O) groups excluding carboxylic acids is 2. The maximum atomic E-state index is 12.5. The predicted molar refractivity (Wildman–Crippen MR) is 347 cm³/mol. The van der Waals surface area contributed by atoms with Crippen LogP contribution < -0.4 is 5.32 Å². The highest BCUT2D eigenvalue weighted by molar-refractivity contribution is 5.76. The van der Waals surface area contributed by atoms with Crippen LogP contribution in [0, 0.1) is 0 Å². The zero-order valence-electron chi connectivity index (χ0n) is 53.1. The van der Waals surface area contributed by atoms with Crippen molar-refractivity contribution < 1.29 is 24.5 Å². The zero-order valence-corrected chi connectivity index (χ0v) is 53.1.